The van der Waals surface area contributed by atoms with Gasteiger partial charge in [-0.15, -0.1) is 0 Å². The molecule has 0 unspecified atom stereocenters. The first-order valence-electron chi connectivity index (χ1n) is 4.28. The molecule has 0 saturated heterocycles. The number of amidine groups is 1. The van der Waals surface area contributed by atoms with Crippen LogP contribution in [0.5, 0.6) is 0 Å². The molecule has 0 aromatic carbocycles. The summed E-state index contributed by atoms with van der Waals surface area (Å²) >= 11 is 0. The van der Waals surface area contributed by atoms with E-state index in [1.807, 2.05) is 0 Å². The highest BCUT2D eigenvalue weighted by Gasteiger charge is 2.20. The zero-order valence-corrected chi connectivity index (χ0v) is 8.73. The molecular weight excluding hydrogens is 191 g/mol. The second-order valence-electron chi connectivity index (χ2n) is 2.86. The average Bonchev–Trinajstić information content (AvgIpc) is 2.21. The van der Waals surface area contributed by atoms with Gasteiger partial charge in [-0.3, -0.25) is 9.89 Å². The lowest BCUT2D eigenvalue weighted by atomic mass is 9.93. The first-order valence-corrected chi connectivity index (χ1v) is 4.28. The van der Waals surface area contributed by atoms with Crippen molar-refractivity contribution in [3.63, 3.8) is 0 Å². The topological polar surface area (TPSA) is 41.9 Å². The predicted octanol–water partition coefficient (Wildman–Crippen LogP) is 0.583. The second kappa shape index (κ2) is 4.64. The molecule has 76 valence electrons. The van der Waals surface area contributed by atoms with Gasteiger partial charge in [0, 0.05) is 18.9 Å². The maximum atomic E-state index is 11.3. The van der Waals surface area contributed by atoms with E-state index in [-0.39, 0.29) is 5.84 Å². The molecule has 1 heterocycles. The molecule has 15 heavy (non-hydrogen) atoms. The molecule has 0 spiro atoms. The summed E-state index contributed by atoms with van der Waals surface area (Å²) < 4.78 is 4.59. The molecule has 1 aliphatic rings. The van der Waals surface area contributed by atoms with E-state index >= 15 is 0 Å². The van der Waals surface area contributed by atoms with Gasteiger partial charge >= 0.3 is 5.97 Å². The minimum atomic E-state index is -0.517. The van der Waals surface area contributed by atoms with Crippen molar-refractivity contribution in [3.8, 4) is 0 Å². The Kier molecular flexibility index (Phi) is 3.49. The summed E-state index contributed by atoms with van der Waals surface area (Å²) in [7, 11) is 8.38. The maximum Gasteiger partial charge on any atom is 0.374 e. The van der Waals surface area contributed by atoms with Crippen molar-refractivity contribution >= 4 is 19.7 Å². The van der Waals surface area contributed by atoms with Gasteiger partial charge in [-0.25, -0.2) is 4.79 Å². The highest BCUT2D eigenvalue weighted by molar-refractivity contribution is 6.36. The normalized spacial score (nSPS) is 16.4. The fourth-order valence-corrected chi connectivity index (χ4v) is 1.16. The Balaban J connectivity index is 2.95. The SMILES string of the molecule is [B]C1=CC(=C)N(C(=NC)C(=O)OC)C=C1. The van der Waals surface area contributed by atoms with E-state index in [9.17, 15) is 4.79 Å². The fourth-order valence-electron chi connectivity index (χ4n) is 1.16. The minimum Gasteiger partial charge on any atom is -0.463 e. The van der Waals surface area contributed by atoms with Gasteiger partial charge in [-0.1, -0.05) is 18.1 Å². The van der Waals surface area contributed by atoms with Crippen LogP contribution in [0, 0.1) is 0 Å². The number of hydrogen-bond donors (Lipinski definition) is 0. The number of nitrogens with zero attached hydrogens (tertiary/aromatic N) is 2. The standard InChI is InChI=1S/C10H11BN2O2/c1-7-6-8(11)4-5-13(7)9(12-2)10(14)15-3/h4-6H,1H2,2-3H3. The number of esters is 1. The van der Waals surface area contributed by atoms with Crippen LogP contribution in [0.4, 0.5) is 0 Å². The molecule has 1 aliphatic heterocycles. The Hall–Kier alpha value is -1.78. The Morgan fingerprint density at radius 3 is 2.80 bits per heavy atom. The van der Waals surface area contributed by atoms with E-state index < -0.39 is 5.97 Å². The minimum absolute atomic E-state index is 0.169. The van der Waals surface area contributed by atoms with Crippen molar-refractivity contribution in [1.82, 2.24) is 4.90 Å². The number of carbonyl (C=O) groups excluding carboxylic acids is 1. The predicted molar refractivity (Wildman–Crippen MR) is 59.3 cm³/mol. The summed E-state index contributed by atoms with van der Waals surface area (Å²) in [5, 5.41) is 0. The highest BCUT2D eigenvalue weighted by Crippen LogP contribution is 2.14. The van der Waals surface area contributed by atoms with Crippen molar-refractivity contribution in [2.24, 2.45) is 4.99 Å². The third-order valence-electron chi connectivity index (χ3n) is 1.87. The van der Waals surface area contributed by atoms with Gasteiger partial charge in [-0.2, -0.15) is 0 Å². The molecule has 5 heteroatoms. The first-order chi connectivity index (χ1) is 7.10. The van der Waals surface area contributed by atoms with Crippen LogP contribution in [0.25, 0.3) is 0 Å². The zero-order valence-electron chi connectivity index (χ0n) is 8.73. The van der Waals surface area contributed by atoms with Crippen LogP contribution in [0.3, 0.4) is 0 Å². The molecule has 0 amide bonds. The number of ether oxygens (including phenoxy) is 1. The van der Waals surface area contributed by atoms with Gasteiger partial charge in [0.2, 0.25) is 5.84 Å². The van der Waals surface area contributed by atoms with E-state index in [1.54, 1.807) is 18.4 Å². The summed E-state index contributed by atoms with van der Waals surface area (Å²) in [5.41, 5.74) is 1.15. The van der Waals surface area contributed by atoms with Crippen molar-refractivity contribution < 1.29 is 9.53 Å². The van der Waals surface area contributed by atoms with Crippen LogP contribution in [-0.4, -0.2) is 38.7 Å². The number of rotatable bonds is 0. The van der Waals surface area contributed by atoms with Gasteiger partial charge in [-0.05, 0) is 6.08 Å². The largest absolute Gasteiger partial charge is 0.463 e. The lowest BCUT2D eigenvalue weighted by Gasteiger charge is -2.23. The van der Waals surface area contributed by atoms with Crippen molar-refractivity contribution in [2.75, 3.05) is 14.2 Å². The quantitative estimate of drug-likeness (QED) is 0.250. The van der Waals surface area contributed by atoms with Gasteiger partial charge in [0.1, 0.15) is 7.85 Å². The molecule has 1 rings (SSSR count). The molecule has 0 atom stereocenters. The van der Waals surface area contributed by atoms with E-state index in [2.05, 4.69) is 16.3 Å². The van der Waals surface area contributed by atoms with Crippen LogP contribution < -0.4 is 0 Å². The lowest BCUT2D eigenvalue weighted by Crippen LogP contribution is -2.33. The number of allylic oxidation sites excluding steroid dienone is 3. The molecule has 0 aromatic heterocycles. The molecular formula is C10H11BN2O2. The van der Waals surface area contributed by atoms with E-state index in [0.717, 1.165) is 0 Å². The van der Waals surface area contributed by atoms with Gasteiger partial charge in [0.25, 0.3) is 0 Å². The summed E-state index contributed by atoms with van der Waals surface area (Å²) in [4.78, 5) is 16.7. The van der Waals surface area contributed by atoms with E-state index in [0.29, 0.717) is 11.2 Å². The molecule has 0 saturated carbocycles. The Labute approximate surface area is 90.0 Å². The number of methoxy groups -OCH3 is 1. The van der Waals surface area contributed by atoms with Crippen molar-refractivity contribution in [1.29, 1.82) is 0 Å². The number of carbonyl (C=O) groups is 1. The summed E-state index contributed by atoms with van der Waals surface area (Å²) in [6.45, 7) is 3.76. The van der Waals surface area contributed by atoms with Crippen LogP contribution in [0.15, 0.2) is 41.1 Å². The summed E-state index contributed by atoms with van der Waals surface area (Å²) in [6, 6.07) is 0. The Morgan fingerprint density at radius 2 is 2.33 bits per heavy atom. The molecule has 0 bridgehead atoms. The molecule has 0 aromatic rings. The smallest absolute Gasteiger partial charge is 0.374 e. The third-order valence-corrected chi connectivity index (χ3v) is 1.87. The molecule has 4 nitrogen and oxygen atoms in total. The van der Waals surface area contributed by atoms with Crippen molar-refractivity contribution in [3.05, 3.63) is 36.1 Å². The third kappa shape index (κ3) is 2.37. The van der Waals surface area contributed by atoms with Gasteiger partial charge in [0.05, 0.1) is 7.11 Å². The number of aliphatic imine (C=N–C) groups is 1. The monoisotopic (exact) mass is 202 g/mol. The van der Waals surface area contributed by atoms with Crippen LogP contribution in [0.2, 0.25) is 0 Å². The van der Waals surface area contributed by atoms with E-state index in [4.69, 9.17) is 7.85 Å². The highest BCUT2D eigenvalue weighted by atomic mass is 16.5. The maximum absolute atomic E-state index is 11.3. The second-order valence-corrected chi connectivity index (χ2v) is 2.86. The molecule has 0 fully saturated rings. The molecule has 0 aliphatic carbocycles. The Morgan fingerprint density at radius 1 is 1.67 bits per heavy atom. The summed E-state index contributed by atoms with van der Waals surface area (Å²) in [6.07, 6.45) is 4.92. The summed E-state index contributed by atoms with van der Waals surface area (Å²) in [5.74, 6) is -0.348. The van der Waals surface area contributed by atoms with E-state index in [1.165, 1.54) is 19.1 Å². The lowest BCUT2D eigenvalue weighted by molar-refractivity contribution is -0.133. The number of hydrogen-bond acceptors (Lipinski definition) is 3. The average molecular weight is 202 g/mol. The molecule has 0 N–H and O–H groups in total. The fraction of sp³-hybridized carbons (Fsp3) is 0.200. The van der Waals surface area contributed by atoms with Crippen LogP contribution in [-0.2, 0) is 9.53 Å². The first kappa shape index (κ1) is 11.3. The van der Waals surface area contributed by atoms with Gasteiger partial charge < -0.3 is 4.74 Å². The Bertz CT molecular complexity index is 383. The van der Waals surface area contributed by atoms with Crippen molar-refractivity contribution in [2.45, 2.75) is 0 Å². The zero-order chi connectivity index (χ0) is 11.4. The van der Waals surface area contributed by atoms with Crippen LogP contribution in [0.1, 0.15) is 0 Å². The molecule has 2 radical (unpaired) electrons. The van der Waals surface area contributed by atoms with Gasteiger partial charge in [0.15, 0.2) is 0 Å². The van der Waals surface area contributed by atoms with Crippen LogP contribution >= 0.6 is 0 Å².